The van der Waals surface area contributed by atoms with Crippen LogP contribution in [0.3, 0.4) is 0 Å². The van der Waals surface area contributed by atoms with E-state index in [4.69, 9.17) is 5.73 Å². The largest absolute Gasteiger partial charge is 0.355 e. The lowest BCUT2D eigenvalue weighted by Gasteiger charge is -2.12. The highest BCUT2D eigenvalue weighted by atomic mass is 32.2. The molecule has 0 radical (unpaired) electrons. The maximum atomic E-state index is 11.7. The van der Waals surface area contributed by atoms with E-state index in [1.54, 1.807) is 0 Å². The summed E-state index contributed by atoms with van der Waals surface area (Å²) < 4.78 is 1.98. The van der Waals surface area contributed by atoms with Crippen molar-refractivity contribution in [3.05, 3.63) is 5.82 Å². The van der Waals surface area contributed by atoms with Crippen molar-refractivity contribution in [2.24, 2.45) is 11.7 Å². The number of thioether (sulfide) groups is 1. The summed E-state index contributed by atoms with van der Waals surface area (Å²) in [4.78, 5) is 11.7. The Balaban J connectivity index is 2.49. The van der Waals surface area contributed by atoms with Crippen molar-refractivity contribution < 1.29 is 4.79 Å². The molecule has 0 aliphatic carbocycles. The van der Waals surface area contributed by atoms with Crippen molar-refractivity contribution in [2.75, 3.05) is 12.3 Å². The van der Waals surface area contributed by atoms with Gasteiger partial charge in [0.1, 0.15) is 5.82 Å². The van der Waals surface area contributed by atoms with Crippen LogP contribution in [0.4, 0.5) is 0 Å². The van der Waals surface area contributed by atoms with Crippen LogP contribution in [-0.4, -0.2) is 33.0 Å². The molecule has 1 aromatic rings. The average Bonchev–Trinajstić information content (AvgIpc) is 2.78. The second-order valence-corrected chi connectivity index (χ2v) is 6.33. The van der Waals surface area contributed by atoms with Crippen LogP contribution in [-0.2, 0) is 11.3 Å². The summed E-state index contributed by atoms with van der Waals surface area (Å²) in [5.41, 5.74) is 5.64. The fourth-order valence-electron chi connectivity index (χ4n) is 1.75. The van der Waals surface area contributed by atoms with Gasteiger partial charge in [0.25, 0.3) is 0 Å². The number of nitrogens with zero attached hydrogens (tertiary/aromatic N) is 3. The predicted molar refractivity (Wildman–Crippen MR) is 81.5 cm³/mol. The smallest absolute Gasteiger partial charge is 0.230 e. The average molecular weight is 299 g/mol. The highest BCUT2D eigenvalue weighted by Crippen LogP contribution is 2.21. The molecule has 1 heterocycles. The van der Waals surface area contributed by atoms with Gasteiger partial charge in [-0.15, -0.1) is 10.2 Å². The summed E-state index contributed by atoms with van der Waals surface area (Å²) in [6.07, 6.45) is 0.996. The van der Waals surface area contributed by atoms with Crippen LogP contribution >= 0.6 is 11.8 Å². The monoisotopic (exact) mass is 299 g/mol. The number of carbonyl (C=O) groups excluding carboxylic acids is 1. The second kappa shape index (κ2) is 8.26. The zero-order chi connectivity index (χ0) is 15.1. The first kappa shape index (κ1) is 17.0. The van der Waals surface area contributed by atoms with E-state index in [1.165, 1.54) is 11.8 Å². The van der Waals surface area contributed by atoms with Gasteiger partial charge in [-0.3, -0.25) is 4.79 Å². The molecule has 0 unspecified atom stereocenters. The lowest BCUT2D eigenvalue weighted by molar-refractivity contribution is -0.118. The number of amides is 1. The molecule has 3 N–H and O–H groups in total. The van der Waals surface area contributed by atoms with E-state index in [1.807, 2.05) is 4.57 Å². The third-order valence-corrected chi connectivity index (χ3v) is 3.75. The SMILES string of the molecule is CC(C)CCNC(=O)CSc1nnc(CN)n1C(C)C. The summed E-state index contributed by atoms with van der Waals surface area (Å²) in [6.45, 7) is 9.46. The Hall–Kier alpha value is -1.08. The van der Waals surface area contributed by atoms with Crippen molar-refractivity contribution in [3.8, 4) is 0 Å². The normalized spacial score (nSPS) is 11.3. The Morgan fingerprint density at radius 3 is 2.60 bits per heavy atom. The molecule has 0 aliphatic rings. The number of hydrogen-bond donors (Lipinski definition) is 2. The lowest BCUT2D eigenvalue weighted by Crippen LogP contribution is -2.27. The van der Waals surface area contributed by atoms with Crippen LogP contribution in [0.25, 0.3) is 0 Å². The summed E-state index contributed by atoms with van der Waals surface area (Å²) in [5.74, 6) is 1.73. The molecule has 0 fully saturated rings. The number of nitrogens with two attached hydrogens (primary N) is 1. The van der Waals surface area contributed by atoms with Crippen LogP contribution in [0, 0.1) is 5.92 Å². The Morgan fingerprint density at radius 2 is 2.05 bits per heavy atom. The van der Waals surface area contributed by atoms with Gasteiger partial charge in [0.2, 0.25) is 5.91 Å². The van der Waals surface area contributed by atoms with E-state index in [0.29, 0.717) is 18.2 Å². The number of rotatable bonds is 8. The molecular weight excluding hydrogens is 274 g/mol. The van der Waals surface area contributed by atoms with Crippen molar-refractivity contribution in [1.29, 1.82) is 0 Å². The second-order valence-electron chi connectivity index (χ2n) is 5.39. The fourth-order valence-corrected chi connectivity index (χ4v) is 2.66. The van der Waals surface area contributed by atoms with Crippen molar-refractivity contribution in [3.63, 3.8) is 0 Å². The fraction of sp³-hybridized carbons (Fsp3) is 0.769. The molecule has 0 saturated carbocycles. The molecule has 20 heavy (non-hydrogen) atoms. The minimum atomic E-state index is 0.0308. The summed E-state index contributed by atoms with van der Waals surface area (Å²) in [5, 5.41) is 11.8. The van der Waals surface area contributed by atoms with Gasteiger partial charge in [-0.1, -0.05) is 25.6 Å². The number of hydrogen-bond acceptors (Lipinski definition) is 5. The minimum Gasteiger partial charge on any atom is -0.355 e. The summed E-state index contributed by atoms with van der Waals surface area (Å²) in [6, 6.07) is 0.232. The van der Waals surface area contributed by atoms with Gasteiger partial charge in [-0.05, 0) is 26.2 Å². The highest BCUT2D eigenvalue weighted by molar-refractivity contribution is 7.99. The maximum Gasteiger partial charge on any atom is 0.230 e. The quantitative estimate of drug-likeness (QED) is 0.712. The minimum absolute atomic E-state index is 0.0308. The molecular formula is C13H25N5OS. The number of nitrogens with one attached hydrogen (secondary N) is 1. The zero-order valence-corrected chi connectivity index (χ0v) is 13.5. The summed E-state index contributed by atoms with van der Waals surface area (Å²) >= 11 is 1.40. The highest BCUT2D eigenvalue weighted by Gasteiger charge is 2.15. The van der Waals surface area contributed by atoms with Crippen LogP contribution in [0.1, 0.15) is 46.0 Å². The molecule has 1 amide bonds. The van der Waals surface area contributed by atoms with Crippen LogP contribution in [0.15, 0.2) is 5.16 Å². The van der Waals surface area contributed by atoms with E-state index in [9.17, 15) is 4.79 Å². The van der Waals surface area contributed by atoms with Crippen LogP contribution < -0.4 is 11.1 Å². The van der Waals surface area contributed by atoms with Crippen molar-refractivity contribution >= 4 is 17.7 Å². The molecule has 6 nitrogen and oxygen atoms in total. The van der Waals surface area contributed by atoms with Crippen LogP contribution in [0.2, 0.25) is 0 Å². The third-order valence-electron chi connectivity index (χ3n) is 2.81. The van der Waals surface area contributed by atoms with Gasteiger partial charge in [-0.25, -0.2) is 0 Å². The van der Waals surface area contributed by atoms with E-state index < -0.39 is 0 Å². The standard InChI is InChI=1S/C13H25N5OS/c1-9(2)5-6-15-12(19)8-20-13-17-16-11(7-14)18(13)10(3)4/h9-10H,5-8,14H2,1-4H3,(H,15,19). The van der Waals surface area contributed by atoms with Gasteiger partial charge in [0.05, 0.1) is 12.3 Å². The first-order chi connectivity index (χ1) is 9.45. The molecule has 1 aromatic heterocycles. The van der Waals surface area contributed by atoms with Gasteiger partial charge < -0.3 is 15.6 Å². The zero-order valence-electron chi connectivity index (χ0n) is 12.7. The maximum absolute atomic E-state index is 11.7. The molecule has 7 heteroatoms. The molecule has 0 spiro atoms. The predicted octanol–water partition coefficient (Wildman–Crippen LogP) is 1.57. The Kier molecular flexibility index (Phi) is 7.01. The molecule has 0 bridgehead atoms. The Morgan fingerprint density at radius 1 is 1.35 bits per heavy atom. The molecule has 114 valence electrons. The van der Waals surface area contributed by atoms with Gasteiger partial charge in [0.15, 0.2) is 5.16 Å². The van der Waals surface area contributed by atoms with Gasteiger partial charge in [0, 0.05) is 12.6 Å². The Bertz CT molecular complexity index is 430. The van der Waals surface area contributed by atoms with Gasteiger partial charge >= 0.3 is 0 Å². The van der Waals surface area contributed by atoms with Crippen LogP contribution in [0.5, 0.6) is 0 Å². The van der Waals surface area contributed by atoms with E-state index >= 15 is 0 Å². The molecule has 0 atom stereocenters. The molecule has 1 rings (SSSR count). The van der Waals surface area contributed by atoms with Crippen molar-refractivity contribution in [2.45, 2.75) is 51.9 Å². The third kappa shape index (κ3) is 5.13. The van der Waals surface area contributed by atoms with E-state index in [2.05, 4.69) is 43.2 Å². The number of aromatic nitrogens is 3. The van der Waals surface area contributed by atoms with Gasteiger partial charge in [-0.2, -0.15) is 0 Å². The Labute approximate surface area is 124 Å². The lowest BCUT2D eigenvalue weighted by atomic mass is 10.1. The van der Waals surface area contributed by atoms with E-state index in [-0.39, 0.29) is 11.9 Å². The topological polar surface area (TPSA) is 85.8 Å². The first-order valence-corrected chi connectivity index (χ1v) is 7.97. The first-order valence-electron chi connectivity index (χ1n) is 6.99. The van der Waals surface area contributed by atoms with E-state index in [0.717, 1.165) is 23.9 Å². The number of carbonyl (C=O) groups is 1. The molecule has 0 aromatic carbocycles. The molecule has 0 saturated heterocycles. The van der Waals surface area contributed by atoms with Crippen molar-refractivity contribution in [1.82, 2.24) is 20.1 Å². The summed E-state index contributed by atoms with van der Waals surface area (Å²) in [7, 11) is 0. The molecule has 0 aliphatic heterocycles.